The number of carbonyl (C=O) groups is 2. The minimum Gasteiger partial charge on any atom is -0.507 e. The normalized spacial score (nSPS) is 17.6. The largest absolute Gasteiger partial charge is 0.507 e. The zero-order valence-electron chi connectivity index (χ0n) is 17.3. The molecule has 0 radical (unpaired) electrons. The zero-order valence-corrected chi connectivity index (χ0v) is 18.9. The molecule has 1 aliphatic rings. The molecule has 170 valence electrons. The molecule has 6 nitrogen and oxygen atoms in total. The van der Waals surface area contributed by atoms with Crippen LogP contribution in [0.5, 0.6) is 5.75 Å². The summed E-state index contributed by atoms with van der Waals surface area (Å²) in [6.45, 7) is 0.141. The molecule has 4 rings (SSSR count). The fraction of sp³-hybridized carbons (Fsp3) is 0.167. The molecule has 33 heavy (non-hydrogen) atoms. The Bertz CT molecular complexity index is 1220. The molecule has 1 N–H and O–H groups in total. The summed E-state index contributed by atoms with van der Waals surface area (Å²) in [7, 11) is 1.40. The lowest BCUT2D eigenvalue weighted by Gasteiger charge is -2.23. The first-order valence-corrected chi connectivity index (χ1v) is 10.7. The topological polar surface area (TPSA) is 80.0 Å². The van der Waals surface area contributed by atoms with Crippen molar-refractivity contribution in [1.82, 2.24) is 4.90 Å². The van der Waals surface area contributed by atoms with Gasteiger partial charge in [0, 0.05) is 12.1 Å². The van der Waals surface area contributed by atoms with E-state index in [1.807, 2.05) is 0 Å². The Hall–Kier alpha value is -3.29. The van der Waals surface area contributed by atoms with Gasteiger partial charge in [0.2, 0.25) is 0 Å². The maximum absolute atomic E-state index is 13.2. The van der Waals surface area contributed by atoms with Gasteiger partial charge in [-0.25, -0.2) is 4.39 Å². The van der Waals surface area contributed by atoms with Gasteiger partial charge in [-0.3, -0.25) is 9.59 Å². The van der Waals surface area contributed by atoms with E-state index in [1.165, 1.54) is 42.5 Å². The smallest absolute Gasteiger partial charge is 0.295 e. The summed E-state index contributed by atoms with van der Waals surface area (Å²) < 4.78 is 23.8. The summed E-state index contributed by atoms with van der Waals surface area (Å²) in [5.74, 6) is -1.93. The van der Waals surface area contributed by atoms with Crippen molar-refractivity contribution >= 4 is 40.7 Å². The molecule has 0 aliphatic carbocycles. The molecule has 1 aromatic heterocycles. The van der Waals surface area contributed by atoms with E-state index in [2.05, 4.69) is 0 Å². The minimum atomic E-state index is -0.958. The minimum absolute atomic E-state index is 0.131. The number of aliphatic hydroxyl groups is 1. The van der Waals surface area contributed by atoms with Gasteiger partial charge in [0.15, 0.2) is 5.75 Å². The number of benzene rings is 2. The molecule has 0 spiro atoms. The van der Waals surface area contributed by atoms with Crippen LogP contribution in [0.3, 0.4) is 0 Å². The lowest BCUT2D eigenvalue weighted by molar-refractivity contribution is -0.140. The van der Waals surface area contributed by atoms with Crippen molar-refractivity contribution in [1.29, 1.82) is 0 Å². The molecule has 9 heteroatoms. The monoisotopic (exact) mass is 489 g/mol. The summed E-state index contributed by atoms with van der Waals surface area (Å²) >= 11 is 12.4. The van der Waals surface area contributed by atoms with Crippen LogP contribution < -0.4 is 4.74 Å². The Morgan fingerprint density at radius 2 is 1.82 bits per heavy atom. The number of ketones is 1. The van der Waals surface area contributed by atoms with Crippen molar-refractivity contribution in [3.05, 3.63) is 93.1 Å². The number of hydrogen-bond acceptors (Lipinski definition) is 5. The average molecular weight is 490 g/mol. The second-order valence-electron chi connectivity index (χ2n) is 7.36. The van der Waals surface area contributed by atoms with E-state index in [9.17, 15) is 19.1 Å². The highest BCUT2D eigenvalue weighted by Gasteiger charge is 2.47. The van der Waals surface area contributed by atoms with Crippen LogP contribution in [0.15, 0.2) is 64.8 Å². The third-order valence-corrected chi connectivity index (χ3v) is 5.94. The maximum atomic E-state index is 13.2. The second kappa shape index (κ2) is 9.29. The fourth-order valence-corrected chi connectivity index (χ4v) is 4.44. The van der Waals surface area contributed by atoms with Crippen LogP contribution in [-0.4, -0.2) is 35.4 Å². The van der Waals surface area contributed by atoms with Crippen molar-refractivity contribution < 1.29 is 28.2 Å². The molecule has 0 saturated carbocycles. The predicted octanol–water partition coefficient (Wildman–Crippen LogP) is 5.40. The molecule has 1 amide bonds. The van der Waals surface area contributed by atoms with E-state index < -0.39 is 23.5 Å². The molecule has 1 saturated heterocycles. The summed E-state index contributed by atoms with van der Waals surface area (Å²) in [4.78, 5) is 27.2. The highest BCUT2D eigenvalue weighted by Crippen LogP contribution is 2.42. The standard InChI is InChI=1S/C24H18Cl2FNO5/c1-32-23-16(25)11-14(12-17(23)26)21(29)19-20(18-3-2-10-33-18)28(24(31)22(19)30)9-8-13-4-6-15(27)7-5-13/h2-7,10-12,20,29H,8-9H2,1H3/b21-19-. The van der Waals surface area contributed by atoms with Crippen molar-refractivity contribution in [3.63, 3.8) is 0 Å². The first-order valence-electron chi connectivity index (χ1n) is 9.91. The van der Waals surface area contributed by atoms with Crippen LogP contribution in [0.2, 0.25) is 10.0 Å². The summed E-state index contributed by atoms with van der Waals surface area (Å²) in [5, 5.41) is 11.3. The van der Waals surface area contributed by atoms with Gasteiger partial charge in [-0.15, -0.1) is 0 Å². The number of aliphatic hydroxyl groups excluding tert-OH is 1. The van der Waals surface area contributed by atoms with Gasteiger partial charge in [-0.05, 0) is 48.4 Å². The molecule has 3 aromatic rings. The molecule has 0 bridgehead atoms. The first kappa shape index (κ1) is 22.9. The summed E-state index contributed by atoms with van der Waals surface area (Å²) in [6.07, 6.45) is 1.78. The van der Waals surface area contributed by atoms with Crippen LogP contribution in [0.25, 0.3) is 5.76 Å². The molecule has 1 unspecified atom stereocenters. The van der Waals surface area contributed by atoms with E-state index in [4.69, 9.17) is 32.4 Å². The zero-order chi connectivity index (χ0) is 23.7. The first-order chi connectivity index (χ1) is 15.8. The molecular formula is C24H18Cl2FNO5. The number of ether oxygens (including phenoxy) is 1. The molecule has 2 aromatic carbocycles. The molecular weight excluding hydrogens is 472 g/mol. The van der Waals surface area contributed by atoms with Gasteiger partial charge in [0.1, 0.15) is 23.4 Å². The number of hydrogen-bond donors (Lipinski definition) is 1. The Labute approximate surface area is 198 Å². The Morgan fingerprint density at radius 1 is 1.15 bits per heavy atom. The van der Waals surface area contributed by atoms with E-state index >= 15 is 0 Å². The van der Waals surface area contributed by atoms with Crippen molar-refractivity contribution in [2.75, 3.05) is 13.7 Å². The van der Waals surface area contributed by atoms with E-state index in [1.54, 1.807) is 24.3 Å². The number of likely N-dealkylation sites (tertiary alicyclic amines) is 1. The van der Waals surface area contributed by atoms with Gasteiger partial charge >= 0.3 is 0 Å². The molecule has 1 atom stereocenters. The molecule has 2 heterocycles. The van der Waals surface area contributed by atoms with Gasteiger partial charge in [-0.1, -0.05) is 35.3 Å². The van der Waals surface area contributed by atoms with E-state index in [0.29, 0.717) is 12.2 Å². The number of methoxy groups -OCH3 is 1. The van der Waals surface area contributed by atoms with Crippen LogP contribution in [0, 0.1) is 5.82 Å². The SMILES string of the molecule is COc1c(Cl)cc(/C(O)=C2/C(=O)C(=O)N(CCc3ccc(F)cc3)C2c2ccco2)cc1Cl. The quantitative estimate of drug-likeness (QED) is 0.285. The number of halogens is 3. The Kier molecular flexibility index (Phi) is 6.44. The maximum Gasteiger partial charge on any atom is 0.295 e. The van der Waals surface area contributed by atoms with Crippen LogP contribution >= 0.6 is 23.2 Å². The number of furan rings is 1. The van der Waals surface area contributed by atoms with Gasteiger partial charge in [0.25, 0.3) is 11.7 Å². The number of carbonyl (C=O) groups excluding carboxylic acids is 2. The number of Topliss-reactive ketones (excluding diaryl/α,β-unsaturated/α-hetero) is 1. The van der Waals surface area contributed by atoms with Gasteiger partial charge < -0.3 is 19.2 Å². The fourth-order valence-electron chi connectivity index (χ4n) is 3.80. The number of rotatable bonds is 6. The molecule has 1 aliphatic heterocycles. The van der Waals surface area contributed by atoms with Gasteiger partial charge in [0.05, 0.1) is 29.0 Å². The Morgan fingerprint density at radius 3 is 2.39 bits per heavy atom. The highest BCUT2D eigenvalue weighted by molar-refractivity contribution is 6.46. The number of nitrogens with zero attached hydrogens (tertiary/aromatic N) is 1. The third kappa shape index (κ3) is 4.34. The van der Waals surface area contributed by atoms with Crippen LogP contribution in [0.1, 0.15) is 22.9 Å². The van der Waals surface area contributed by atoms with Gasteiger partial charge in [-0.2, -0.15) is 0 Å². The summed E-state index contributed by atoms with van der Waals surface area (Å²) in [6, 6.07) is 10.9. The van der Waals surface area contributed by atoms with Crippen molar-refractivity contribution in [3.8, 4) is 5.75 Å². The highest BCUT2D eigenvalue weighted by atomic mass is 35.5. The second-order valence-corrected chi connectivity index (χ2v) is 8.17. The lowest BCUT2D eigenvalue weighted by atomic mass is 9.99. The molecule has 1 fully saturated rings. The van der Waals surface area contributed by atoms with E-state index in [0.717, 1.165) is 5.56 Å². The lowest BCUT2D eigenvalue weighted by Crippen LogP contribution is -2.31. The van der Waals surface area contributed by atoms with Crippen LogP contribution in [-0.2, 0) is 16.0 Å². The third-order valence-electron chi connectivity index (χ3n) is 5.38. The number of amides is 1. The summed E-state index contributed by atoms with van der Waals surface area (Å²) in [5.41, 5.74) is 0.787. The van der Waals surface area contributed by atoms with E-state index in [-0.39, 0.29) is 39.3 Å². The van der Waals surface area contributed by atoms with Crippen LogP contribution in [0.4, 0.5) is 4.39 Å². The van der Waals surface area contributed by atoms with Crippen molar-refractivity contribution in [2.45, 2.75) is 12.5 Å². The Balaban J connectivity index is 1.76. The van der Waals surface area contributed by atoms with Crippen molar-refractivity contribution in [2.24, 2.45) is 0 Å². The predicted molar refractivity (Wildman–Crippen MR) is 121 cm³/mol. The average Bonchev–Trinajstić information content (AvgIpc) is 3.40.